The van der Waals surface area contributed by atoms with Crippen LogP contribution < -0.4 is 0 Å². The minimum atomic E-state index is 0.324. The number of aryl methyl sites for hydroxylation is 2. The fraction of sp³-hybridized carbons (Fsp3) is 0.636. The van der Waals surface area contributed by atoms with Gasteiger partial charge in [-0.2, -0.15) is 0 Å². The standard InChI is InChI=1S/C11H16OS/c12-7-3-4-9-8-13-11-6-2-1-5-10(9)11/h8,12H,1-7H2. The van der Waals surface area contributed by atoms with Crippen LogP contribution >= 0.6 is 11.3 Å². The summed E-state index contributed by atoms with van der Waals surface area (Å²) in [5.74, 6) is 0. The van der Waals surface area contributed by atoms with Crippen molar-refractivity contribution in [2.24, 2.45) is 0 Å². The normalized spacial score (nSPS) is 15.8. The van der Waals surface area contributed by atoms with Crippen molar-refractivity contribution in [3.05, 3.63) is 21.4 Å². The number of thiophene rings is 1. The molecule has 0 saturated carbocycles. The fourth-order valence-corrected chi connectivity index (χ4v) is 3.22. The van der Waals surface area contributed by atoms with E-state index in [2.05, 4.69) is 5.38 Å². The molecule has 13 heavy (non-hydrogen) atoms. The second kappa shape index (κ2) is 4.25. The fourth-order valence-electron chi connectivity index (χ4n) is 2.04. The second-order valence-electron chi connectivity index (χ2n) is 3.70. The molecule has 1 aliphatic rings. The Hall–Kier alpha value is -0.340. The number of fused-ring (bicyclic) bond motifs is 1. The third-order valence-electron chi connectivity index (χ3n) is 2.75. The van der Waals surface area contributed by atoms with E-state index < -0.39 is 0 Å². The molecule has 0 unspecified atom stereocenters. The Bertz CT molecular complexity index is 278. The summed E-state index contributed by atoms with van der Waals surface area (Å²) >= 11 is 1.92. The maximum absolute atomic E-state index is 8.77. The molecule has 0 aliphatic heterocycles. The molecular formula is C11H16OS. The summed E-state index contributed by atoms with van der Waals surface area (Å²) in [5.41, 5.74) is 3.12. The first-order valence-electron chi connectivity index (χ1n) is 5.11. The molecule has 0 bridgehead atoms. The number of hydrogen-bond donors (Lipinski definition) is 1. The third kappa shape index (κ3) is 1.94. The molecule has 1 heterocycles. The van der Waals surface area contributed by atoms with Crippen molar-refractivity contribution >= 4 is 11.3 Å². The summed E-state index contributed by atoms with van der Waals surface area (Å²) in [4.78, 5) is 1.61. The molecule has 0 saturated heterocycles. The van der Waals surface area contributed by atoms with Crippen LogP contribution in [0.3, 0.4) is 0 Å². The van der Waals surface area contributed by atoms with Gasteiger partial charge < -0.3 is 5.11 Å². The summed E-state index contributed by atoms with van der Waals surface area (Å²) < 4.78 is 0. The Balaban J connectivity index is 2.12. The predicted octanol–water partition coefficient (Wildman–Crippen LogP) is 2.55. The van der Waals surface area contributed by atoms with Crippen molar-refractivity contribution in [3.63, 3.8) is 0 Å². The van der Waals surface area contributed by atoms with E-state index in [1.807, 2.05) is 11.3 Å². The van der Waals surface area contributed by atoms with Gasteiger partial charge in [-0.15, -0.1) is 11.3 Å². The lowest BCUT2D eigenvalue weighted by Crippen LogP contribution is -2.01. The van der Waals surface area contributed by atoms with Crippen LogP contribution in [0.1, 0.15) is 35.3 Å². The summed E-state index contributed by atoms with van der Waals surface area (Å²) in [7, 11) is 0. The van der Waals surface area contributed by atoms with E-state index in [0.29, 0.717) is 6.61 Å². The SMILES string of the molecule is OCCCc1csc2c1CCCC2. The molecular weight excluding hydrogens is 180 g/mol. The highest BCUT2D eigenvalue weighted by Gasteiger charge is 2.14. The van der Waals surface area contributed by atoms with Crippen LogP contribution in [0.5, 0.6) is 0 Å². The summed E-state index contributed by atoms with van der Waals surface area (Å²) in [6.45, 7) is 0.324. The molecule has 0 amide bonds. The van der Waals surface area contributed by atoms with Crippen LogP contribution in [-0.2, 0) is 19.3 Å². The van der Waals surface area contributed by atoms with Gasteiger partial charge in [-0.1, -0.05) is 0 Å². The van der Waals surface area contributed by atoms with Crippen molar-refractivity contribution in [1.82, 2.24) is 0 Å². The van der Waals surface area contributed by atoms with E-state index in [1.54, 1.807) is 10.4 Å². The first-order valence-corrected chi connectivity index (χ1v) is 5.99. The van der Waals surface area contributed by atoms with Crippen LogP contribution in [0, 0.1) is 0 Å². The maximum atomic E-state index is 8.77. The van der Waals surface area contributed by atoms with Gasteiger partial charge in [0, 0.05) is 11.5 Å². The monoisotopic (exact) mass is 196 g/mol. The molecule has 0 radical (unpaired) electrons. The Labute approximate surface area is 83.4 Å². The molecule has 72 valence electrons. The number of aliphatic hydroxyl groups excluding tert-OH is 1. The van der Waals surface area contributed by atoms with Crippen LogP contribution in [0.2, 0.25) is 0 Å². The summed E-state index contributed by atoms with van der Waals surface area (Å²) in [6, 6.07) is 0. The predicted molar refractivity (Wildman–Crippen MR) is 56.4 cm³/mol. The summed E-state index contributed by atoms with van der Waals surface area (Å²) in [6.07, 6.45) is 7.28. The van der Waals surface area contributed by atoms with Crippen LogP contribution in [-0.4, -0.2) is 11.7 Å². The van der Waals surface area contributed by atoms with E-state index in [-0.39, 0.29) is 0 Å². The highest BCUT2D eigenvalue weighted by atomic mass is 32.1. The lowest BCUT2D eigenvalue weighted by atomic mass is 9.94. The second-order valence-corrected chi connectivity index (χ2v) is 4.66. The van der Waals surface area contributed by atoms with Gasteiger partial charge in [0.25, 0.3) is 0 Å². The van der Waals surface area contributed by atoms with Gasteiger partial charge in [0.1, 0.15) is 0 Å². The minimum Gasteiger partial charge on any atom is -0.396 e. The van der Waals surface area contributed by atoms with Gasteiger partial charge in [0.15, 0.2) is 0 Å². The largest absolute Gasteiger partial charge is 0.396 e. The lowest BCUT2D eigenvalue weighted by Gasteiger charge is -2.12. The zero-order valence-electron chi connectivity index (χ0n) is 7.88. The molecule has 1 aliphatic carbocycles. The van der Waals surface area contributed by atoms with E-state index in [0.717, 1.165) is 12.8 Å². The van der Waals surface area contributed by atoms with Gasteiger partial charge >= 0.3 is 0 Å². The molecule has 0 aromatic carbocycles. The molecule has 2 rings (SSSR count). The first-order chi connectivity index (χ1) is 6.42. The lowest BCUT2D eigenvalue weighted by molar-refractivity contribution is 0.288. The first kappa shape index (κ1) is 9.22. The zero-order valence-corrected chi connectivity index (χ0v) is 8.70. The van der Waals surface area contributed by atoms with Gasteiger partial charge in [0.2, 0.25) is 0 Å². The van der Waals surface area contributed by atoms with Crippen molar-refractivity contribution < 1.29 is 5.11 Å². The smallest absolute Gasteiger partial charge is 0.0434 e. The average molecular weight is 196 g/mol. The van der Waals surface area contributed by atoms with Crippen molar-refractivity contribution in [1.29, 1.82) is 0 Å². The molecule has 1 N–H and O–H groups in total. The maximum Gasteiger partial charge on any atom is 0.0434 e. The Morgan fingerprint density at radius 1 is 1.31 bits per heavy atom. The van der Waals surface area contributed by atoms with Crippen LogP contribution in [0.4, 0.5) is 0 Å². The van der Waals surface area contributed by atoms with E-state index in [9.17, 15) is 0 Å². The van der Waals surface area contributed by atoms with E-state index >= 15 is 0 Å². The molecule has 1 aromatic rings. The van der Waals surface area contributed by atoms with Crippen LogP contribution in [0.15, 0.2) is 5.38 Å². The Morgan fingerprint density at radius 2 is 2.15 bits per heavy atom. The van der Waals surface area contributed by atoms with Crippen molar-refractivity contribution in [2.45, 2.75) is 38.5 Å². The third-order valence-corrected chi connectivity index (χ3v) is 3.89. The number of aliphatic hydroxyl groups is 1. The highest BCUT2D eigenvalue weighted by molar-refractivity contribution is 7.10. The molecule has 1 nitrogen and oxygen atoms in total. The highest BCUT2D eigenvalue weighted by Crippen LogP contribution is 2.30. The molecule has 0 fully saturated rings. The van der Waals surface area contributed by atoms with Gasteiger partial charge in [-0.05, 0) is 55.0 Å². The Morgan fingerprint density at radius 3 is 3.00 bits per heavy atom. The van der Waals surface area contributed by atoms with Gasteiger partial charge in [-0.3, -0.25) is 0 Å². The van der Waals surface area contributed by atoms with Gasteiger partial charge in [0.05, 0.1) is 0 Å². The van der Waals surface area contributed by atoms with E-state index in [4.69, 9.17) is 5.11 Å². The zero-order chi connectivity index (χ0) is 9.10. The van der Waals surface area contributed by atoms with E-state index in [1.165, 1.54) is 31.2 Å². The average Bonchev–Trinajstić information content (AvgIpc) is 2.58. The van der Waals surface area contributed by atoms with Crippen molar-refractivity contribution in [3.8, 4) is 0 Å². The van der Waals surface area contributed by atoms with Gasteiger partial charge in [-0.25, -0.2) is 0 Å². The minimum absolute atomic E-state index is 0.324. The van der Waals surface area contributed by atoms with Crippen LogP contribution in [0.25, 0.3) is 0 Å². The number of hydrogen-bond acceptors (Lipinski definition) is 2. The Kier molecular flexibility index (Phi) is 3.01. The number of rotatable bonds is 3. The van der Waals surface area contributed by atoms with Crippen molar-refractivity contribution in [2.75, 3.05) is 6.61 Å². The summed E-state index contributed by atoms with van der Waals surface area (Å²) in [5, 5.41) is 11.1. The topological polar surface area (TPSA) is 20.2 Å². The quantitative estimate of drug-likeness (QED) is 0.787. The molecule has 1 aromatic heterocycles. The molecule has 0 spiro atoms. The molecule has 0 atom stereocenters. The molecule has 2 heteroatoms.